The summed E-state index contributed by atoms with van der Waals surface area (Å²) in [6.45, 7) is 0.155. The minimum absolute atomic E-state index is 0.0531. The van der Waals surface area contributed by atoms with E-state index in [9.17, 15) is 14.0 Å². The number of halogens is 1. The van der Waals surface area contributed by atoms with Crippen LogP contribution in [0.2, 0.25) is 0 Å². The molecule has 7 nitrogen and oxygen atoms in total. The van der Waals surface area contributed by atoms with Crippen LogP contribution in [0.3, 0.4) is 0 Å². The fourth-order valence-electron chi connectivity index (χ4n) is 2.72. The highest BCUT2D eigenvalue weighted by atomic mass is 32.2. The van der Waals surface area contributed by atoms with Gasteiger partial charge in [0, 0.05) is 23.6 Å². The van der Waals surface area contributed by atoms with Crippen LogP contribution in [0.15, 0.2) is 58.5 Å². The van der Waals surface area contributed by atoms with Gasteiger partial charge in [0.1, 0.15) is 5.82 Å². The molecule has 0 spiro atoms. The van der Waals surface area contributed by atoms with E-state index in [0.717, 1.165) is 5.56 Å². The third kappa shape index (κ3) is 4.94. The smallest absolute Gasteiger partial charge is 0.251 e. The van der Waals surface area contributed by atoms with Gasteiger partial charge in [-0.05, 0) is 29.8 Å². The standard InChI is InChI=1S/C20H16FN3O4S/c21-13-3-1-12(2-4-13)10-29-20-23-15(9-19(26)24-20)8-18(25)22-14-5-6-16-17(7-14)28-11-27-16/h1-7,9H,8,10-11H2,(H,22,25)(H,23,24,26). The first kappa shape index (κ1) is 19.0. The summed E-state index contributed by atoms with van der Waals surface area (Å²) in [6, 6.07) is 12.5. The van der Waals surface area contributed by atoms with Crippen LogP contribution < -0.4 is 20.3 Å². The first-order chi connectivity index (χ1) is 14.0. The van der Waals surface area contributed by atoms with Crippen molar-refractivity contribution in [1.29, 1.82) is 0 Å². The number of fused-ring (bicyclic) bond motifs is 1. The number of anilines is 1. The van der Waals surface area contributed by atoms with E-state index in [-0.39, 0.29) is 30.5 Å². The number of aromatic nitrogens is 2. The highest BCUT2D eigenvalue weighted by Crippen LogP contribution is 2.34. The fourth-order valence-corrected chi connectivity index (χ4v) is 3.57. The van der Waals surface area contributed by atoms with Crippen molar-refractivity contribution in [2.75, 3.05) is 12.1 Å². The average molecular weight is 413 g/mol. The molecule has 9 heteroatoms. The number of aromatic amines is 1. The maximum Gasteiger partial charge on any atom is 0.251 e. The van der Waals surface area contributed by atoms with Crippen LogP contribution in [0.5, 0.6) is 11.5 Å². The predicted octanol–water partition coefficient (Wildman–Crippen LogP) is 3.11. The maximum atomic E-state index is 13.0. The van der Waals surface area contributed by atoms with E-state index in [1.54, 1.807) is 30.3 Å². The van der Waals surface area contributed by atoms with Crippen molar-refractivity contribution in [2.45, 2.75) is 17.3 Å². The summed E-state index contributed by atoms with van der Waals surface area (Å²) in [7, 11) is 0. The summed E-state index contributed by atoms with van der Waals surface area (Å²) in [5.41, 5.74) is 1.47. The Hall–Kier alpha value is -3.33. The van der Waals surface area contributed by atoms with E-state index in [1.165, 1.54) is 30.0 Å². The van der Waals surface area contributed by atoms with Gasteiger partial charge in [0.15, 0.2) is 16.7 Å². The molecule has 0 saturated heterocycles. The van der Waals surface area contributed by atoms with Gasteiger partial charge in [-0.1, -0.05) is 23.9 Å². The van der Waals surface area contributed by atoms with Crippen molar-refractivity contribution in [3.63, 3.8) is 0 Å². The Morgan fingerprint density at radius 2 is 1.93 bits per heavy atom. The Morgan fingerprint density at radius 1 is 1.14 bits per heavy atom. The number of nitrogens with one attached hydrogen (secondary N) is 2. The van der Waals surface area contributed by atoms with Gasteiger partial charge < -0.3 is 19.8 Å². The summed E-state index contributed by atoms with van der Waals surface area (Å²) in [6.07, 6.45) is -0.0531. The Bertz CT molecular complexity index is 1100. The van der Waals surface area contributed by atoms with Crippen LogP contribution in [-0.2, 0) is 17.0 Å². The zero-order valence-corrected chi connectivity index (χ0v) is 15.9. The van der Waals surface area contributed by atoms with Gasteiger partial charge in [0.2, 0.25) is 12.7 Å². The van der Waals surface area contributed by atoms with Gasteiger partial charge in [-0.15, -0.1) is 0 Å². The number of rotatable bonds is 6. The second-order valence-electron chi connectivity index (χ2n) is 6.25. The van der Waals surface area contributed by atoms with Crippen molar-refractivity contribution in [3.8, 4) is 11.5 Å². The van der Waals surface area contributed by atoms with E-state index in [1.807, 2.05) is 0 Å². The van der Waals surface area contributed by atoms with Crippen molar-refractivity contribution in [3.05, 3.63) is 76.0 Å². The maximum absolute atomic E-state index is 13.0. The van der Waals surface area contributed by atoms with Crippen LogP contribution >= 0.6 is 11.8 Å². The second kappa shape index (κ2) is 8.36. The monoisotopic (exact) mass is 413 g/mol. The van der Waals surface area contributed by atoms with Gasteiger partial charge in [-0.3, -0.25) is 9.59 Å². The lowest BCUT2D eigenvalue weighted by molar-refractivity contribution is -0.115. The molecule has 0 unspecified atom stereocenters. The minimum atomic E-state index is -0.340. The third-order valence-electron chi connectivity index (χ3n) is 4.06. The molecule has 2 aromatic carbocycles. The topological polar surface area (TPSA) is 93.3 Å². The zero-order chi connectivity index (χ0) is 20.2. The molecule has 4 rings (SSSR count). The fraction of sp³-hybridized carbons (Fsp3) is 0.150. The lowest BCUT2D eigenvalue weighted by Crippen LogP contribution is -2.18. The molecule has 0 fully saturated rings. The van der Waals surface area contributed by atoms with Gasteiger partial charge in [-0.25, -0.2) is 9.37 Å². The lowest BCUT2D eigenvalue weighted by Gasteiger charge is -2.07. The Balaban J connectivity index is 1.39. The number of ether oxygens (including phenoxy) is 2. The minimum Gasteiger partial charge on any atom is -0.454 e. The van der Waals surface area contributed by atoms with Gasteiger partial charge >= 0.3 is 0 Å². The molecule has 2 N–H and O–H groups in total. The van der Waals surface area contributed by atoms with Crippen LogP contribution in [-0.4, -0.2) is 22.7 Å². The second-order valence-corrected chi connectivity index (χ2v) is 7.21. The molecule has 1 aliphatic rings. The third-order valence-corrected chi connectivity index (χ3v) is 5.00. The lowest BCUT2D eigenvalue weighted by atomic mass is 10.2. The molecular formula is C20H16FN3O4S. The van der Waals surface area contributed by atoms with Crippen LogP contribution in [0.25, 0.3) is 0 Å². The number of hydrogen-bond acceptors (Lipinski definition) is 6. The Kier molecular flexibility index (Phi) is 5.48. The van der Waals surface area contributed by atoms with Crippen LogP contribution in [0, 0.1) is 5.82 Å². The first-order valence-electron chi connectivity index (χ1n) is 8.72. The number of H-pyrrole nitrogens is 1. The summed E-state index contributed by atoms with van der Waals surface area (Å²) in [5, 5.41) is 3.15. The van der Waals surface area contributed by atoms with Gasteiger partial charge in [0.05, 0.1) is 12.1 Å². The molecule has 3 aromatic rings. The number of thioether (sulfide) groups is 1. The van der Waals surface area contributed by atoms with Crippen molar-refractivity contribution < 1.29 is 18.7 Å². The number of hydrogen-bond donors (Lipinski definition) is 2. The molecule has 0 atom stereocenters. The average Bonchev–Trinajstić information content (AvgIpc) is 3.15. The molecule has 0 bridgehead atoms. The SMILES string of the molecule is O=C(Cc1cc(=O)[nH]c(SCc2ccc(F)cc2)n1)Nc1ccc2c(c1)OCO2. The van der Waals surface area contributed by atoms with Gasteiger partial charge in [-0.2, -0.15) is 0 Å². The number of carbonyl (C=O) groups is 1. The van der Waals surface area contributed by atoms with Gasteiger partial charge in [0.25, 0.3) is 5.56 Å². The molecule has 0 aliphatic carbocycles. The van der Waals surface area contributed by atoms with Crippen molar-refractivity contribution in [1.82, 2.24) is 9.97 Å². The molecule has 148 valence electrons. The van der Waals surface area contributed by atoms with E-state index in [2.05, 4.69) is 15.3 Å². The quantitative estimate of drug-likeness (QED) is 0.477. The normalized spacial score (nSPS) is 12.0. The van der Waals surface area contributed by atoms with Crippen LogP contribution in [0.4, 0.5) is 10.1 Å². The molecule has 1 aliphatic heterocycles. The van der Waals surface area contributed by atoms with E-state index >= 15 is 0 Å². The Morgan fingerprint density at radius 3 is 2.76 bits per heavy atom. The van der Waals surface area contributed by atoms with E-state index < -0.39 is 0 Å². The molecule has 2 heterocycles. The highest BCUT2D eigenvalue weighted by molar-refractivity contribution is 7.98. The summed E-state index contributed by atoms with van der Waals surface area (Å²) < 4.78 is 23.5. The van der Waals surface area contributed by atoms with Crippen molar-refractivity contribution in [2.24, 2.45) is 0 Å². The Labute approximate surface area is 169 Å². The largest absolute Gasteiger partial charge is 0.454 e. The molecule has 1 aromatic heterocycles. The predicted molar refractivity (Wildman–Crippen MR) is 106 cm³/mol. The number of benzene rings is 2. The molecule has 0 radical (unpaired) electrons. The molecular weight excluding hydrogens is 397 g/mol. The molecule has 0 saturated carbocycles. The molecule has 1 amide bonds. The summed E-state index contributed by atoms with van der Waals surface area (Å²) in [5.74, 6) is 1.09. The number of nitrogens with zero attached hydrogens (tertiary/aromatic N) is 1. The first-order valence-corrected chi connectivity index (χ1v) is 9.71. The summed E-state index contributed by atoms with van der Waals surface area (Å²) in [4.78, 5) is 31.2. The van der Waals surface area contributed by atoms with Crippen LogP contribution in [0.1, 0.15) is 11.3 Å². The highest BCUT2D eigenvalue weighted by Gasteiger charge is 2.15. The summed E-state index contributed by atoms with van der Waals surface area (Å²) >= 11 is 1.30. The van der Waals surface area contributed by atoms with E-state index in [0.29, 0.717) is 33.8 Å². The number of carbonyl (C=O) groups excluding carboxylic acids is 1. The van der Waals surface area contributed by atoms with E-state index in [4.69, 9.17) is 9.47 Å². The zero-order valence-electron chi connectivity index (χ0n) is 15.1. The number of amides is 1. The molecule has 29 heavy (non-hydrogen) atoms. The van der Waals surface area contributed by atoms with Crippen molar-refractivity contribution >= 4 is 23.4 Å².